The fraction of sp³-hybridized carbons (Fsp3) is 0.250. The molecule has 0 fully saturated rings. The number of hydrogen-bond acceptors (Lipinski definition) is 2. The molecule has 0 heterocycles. The minimum absolute atomic E-state index is 0.0648. The van der Waals surface area contributed by atoms with Gasteiger partial charge < -0.3 is 9.90 Å². The Morgan fingerprint density at radius 2 is 0.903 bits per heavy atom. The molecule has 3 heteroatoms. The maximum absolute atomic E-state index is 9.49. The first-order valence-electron chi connectivity index (χ1n) is 10.9. The van der Waals surface area contributed by atoms with Crippen LogP contribution in [-0.2, 0) is 24.1 Å². The van der Waals surface area contributed by atoms with Gasteiger partial charge >= 0.3 is 160 Å². The molecule has 0 aliphatic rings. The molecule has 160 valence electrons. The molecule has 0 spiro atoms. The van der Waals surface area contributed by atoms with Crippen molar-refractivity contribution >= 4 is 36.5 Å². The number of benzene rings is 3. The molecule has 3 aromatic rings. The molecule has 0 saturated heterocycles. The van der Waals surface area contributed by atoms with Crippen LogP contribution in [0.25, 0.3) is 0 Å². The molecule has 0 aliphatic heterocycles. The zero-order chi connectivity index (χ0) is 22.8. The van der Waals surface area contributed by atoms with E-state index in [0.29, 0.717) is 0 Å². The quantitative estimate of drug-likeness (QED) is 0.356. The summed E-state index contributed by atoms with van der Waals surface area (Å²) in [7, 11) is 0. The molecule has 0 saturated carbocycles. The number of carbonyl (C=O) groups excluding carboxylic acids is 1. The van der Waals surface area contributed by atoms with Gasteiger partial charge in [-0.25, -0.2) is 0 Å². The van der Waals surface area contributed by atoms with E-state index in [-0.39, 0.29) is 5.57 Å². The van der Waals surface area contributed by atoms with E-state index in [4.69, 9.17) is 0 Å². The van der Waals surface area contributed by atoms with E-state index in [1.54, 1.807) is 10.7 Å². The van der Waals surface area contributed by atoms with Crippen molar-refractivity contribution in [3.8, 4) is 0 Å². The number of carboxylic acid groups (broad SMARTS) is 1. The van der Waals surface area contributed by atoms with E-state index in [0.717, 1.165) is 19.3 Å². The molecule has 0 aliphatic carbocycles. The van der Waals surface area contributed by atoms with Crippen molar-refractivity contribution in [3.05, 3.63) is 102 Å². The predicted octanol–water partition coefficient (Wildman–Crippen LogP) is 3.20. The number of aryl methyl sites for hydroxylation is 3. The third-order valence-electron chi connectivity index (χ3n) is 5.30. The molecule has 3 rings (SSSR count). The first-order valence-corrected chi connectivity index (χ1v) is 15.2. The minimum atomic E-state index is -2.11. The zero-order valence-electron chi connectivity index (χ0n) is 19.1. The molecule has 0 N–H and O–H groups in total. The Labute approximate surface area is 194 Å². The Bertz CT molecular complexity index is 846. The summed E-state index contributed by atoms with van der Waals surface area (Å²) in [4.78, 5) is 9.49. The van der Waals surface area contributed by atoms with E-state index in [1.807, 2.05) is 0 Å². The topological polar surface area (TPSA) is 40.1 Å². The van der Waals surface area contributed by atoms with Crippen molar-refractivity contribution in [2.75, 3.05) is 0 Å². The van der Waals surface area contributed by atoms with Crippen molar-refractivity contribution < 1.29 is 9.90 Å². The van der Waals surface area contributed by atoms with Gasteiger partial charge in [0.2, 0.25) is 0 Å². The molecule has 0 unspecified atom stereocenters. The van der Waals surface area contributed by atoms with Crippen molar-refractivity contribution in [3.63, 3.8) is 0 Å². The van der Waals surface area contributed by atoms with Crippen LogP contribution in [-0.4, -0.2) is 25.7 Å². The van der Waals surface area contributed by atoms with E-state index in [1.165, 1.54) is 23.6 Å². The fourth-order valence-corrected chi connectivity index (χ4v) is 10.4. The monoisotopic (exact) mass is 520 g/mol. The average molecular weight is 519 g/mol. The van der Waals surface area contributed by atoms with Crippen LogP contribution in [0.4, 0.5) is 0 Å². The van der Waals surface area contributed by atoms with Gasteiger partial charge in [-0.1, -0.05) is 6.58 Å². The third-order valence-corrected chi connectivity index (χ3v) is 13.1. The summed E-state index contributed by atoms with van der Waals surface area (Å²) >= 11 is -2.11. The zero-order valence-corrected chi connectivity index (χ0v) is 21.9. The standard InChI is InChI=1S/3C8H9.C4H6O2.Sn/c3*1-2-8-6-4-3-5-7-8;1-3(2)4(5)6;/h3*4-7H,2H2,1H3;1H2,2H3,(H,5,6);/q;;;;+1/p-1. The Kier molecular flexibility index (Phi) is 10.1. The molecular formula is C28H32O2Sn. The van der Waals surface area contributed by atoms with Crippen molar-refractivity contribution in [2.24, 2.45) is 0 Å². The fourth-order valence-electron chi connectivity index (χ4n) is 3.22. The van der Waals surface area contributed by atoms with Gasteiger partial charge in [-0.05, 0) is 12.5 Å². The van der Waals surface area contributed by atoms with Gasteiger partial charge in [0, 0.05) is 0 Å². The van der Waals surface area contributed by atoms with Gasteiger partial charge in [-0.15, -0.1) is 0 Å². The maximum atomic E-state index is 9.49. The Morgan fingerprint density at radius 3 is 1.06 bits per heavy atom. The number of hydrogen-bond donors (Lipinski definition) is 0. The van der Waals surface area contributed by atoms with Gasteiger partial charge in [-0.3, -0.25) is 0 Å². The number of carbonyl (C=O) groups is 1. The molecule has 0 atom stereocenters. The Morgan fingerprint density at radius 1 is 0.677 bits per heavy atom. The number of aliphatic carboxylic acids is 1. The number of rotatable bonds is 7. The summed E-state index contributed by atoms with van der Waals surface area (Å²) < 4.78 is 4.69. The van der Waals surface area contributed by atoms with Crippen LogP contribution >= 0.6 is 0 Å². The van der Waals surface area contributed by atoms with Gasteiger partial charge in [0.1, 0.15) is 0 Å². The van der Waals surface area contributed by atoms with E-state index in [9.17, 15) is 9.90 Å². The molecule has 0 amide bonds. The van der Waals surface area contributed by atoms with E-state index >= 15 is 0 Å². The van der Waals surface area contributed by atoms with Gasteiger partial charge in [0.25, 0.3) is 0 Å². The summed E-state index contributed by atoms with van der Waals surface area (Å²) in [6.45, 7) is 11.1. The summed E-state index contributed by atoms with van der Waals surface area (Å²) in [6, 6.07) is 28.2. The molecule has 3 aromatic carbocycles. The predicted molar refractivity (Wildman–Crippen MR) is 132 cm³/mol. The second-order valence-electron chi connectivity index (χ2n) is 7.59. The summed E-state index contributed by atoms with van der Waals surface area (Å²) in [5.41, 5.74) is 4.34. The Balaban J connectivity index is 0.000000501. The van der Waals surface area contributed by atoms with Gasteiger partial charge in [0.15, 0.2) is 0 Å². The van der Waals surface area contributed by atoms with Crippen LogP contribution in [0.1, 0.15) is 44.4 Å². The van der Waals surface area contributed by atoms with Crippen LogP contribution in [0.3, 0.4) is 0 Å². The second kappa shape index (κ2) is 12.5. The molecule has 0 aromatic heterocycles. The summed E-state index contributed by atoms with van der Waals surface area (Å²) in [5.74, 6) is -1.19. The number of carboxylic acids is 1. The van der Waals surface area contributed by atoms with E-state index in [2.05, 4.69) is 100 Å². The summed E-state index contributed by atoms with van der Waals surface area (Å²) in [5, 5.41) is 9.49. The van der Waals surface area contributed by atoms with Gasteiger partial charge in [0.05, 0.1) is 5.97 Å². The third kappa shape index (κ3) is 7.39. The van der Waals surface area contributed by atoms with Crippen LogP contribution < -0.4 is 15.8 Å². The molecule has 31 heavy (non-hydrogen) atoms. The normalized spacial score (nSPS) is 10.1. The molecule has 2 nitrogen and oxygen atoms in total. The van der Waals surface area contributed by atoms with Crippen molar-refractivity contribution in [1.29, 1.82) is 0 Å². The molecule has 0 radical (unpaired) electrons. The van der Waals surface area contributed by atoms with Crippen molar-refractivity contribution in [2.45, 2.75) is 47.0 Å². The van der Waals surface area contributed by atoms with E-state index < -0.39 is 25.7 Å². The molecule has 0 bridgehead atoms. The second-order valence-corrected chi connectivity index (χ2v) is 14.7. The SMILES string of the molecule is C=C(C)C(=O)[O-].CCc1cc[c]([Sn+]([c]2ccc(CC)cc2)[c]2ccc(CC)cc2)cc1. The first-order chi connectivity index (χ1) is 14.9. The first kappa shape index (κ1) is 24.9. The van der Waals surface area contributed by atoms with Crippen LogP contribution in [0.2, 0.25) is 0 Å². The van der Waals surface area contributed by atoms with Crippen molar-refractivity contribution in [1.82, 2.24) is 0 Å². The molecular weight excluding hydrogens is 487 g/mol. The summed E-state index contributed by atoms with van der Waals surface area (Å²) in [6.07, 6.45) is 3.32. The average Bonchev–Trinajstić information content (AvgIpc) is 2.81. The Hall–Kier alpha value is -2.33. The van der Waals surface area contributed by atoms with Crippen LogP contribution in [0.5, 0.6) is 0 Å². The van der Waals surface area contributed by atoms with Crippen LogP contribution in [0, 0.1) is 0 Å². The van der Waals surface area contributed by atoms with Crippen LogP contribution in [0.15, 0.2) is 84.9 Å². The van der Waals surface area contributed by atoms with Gasteiger partial charge in [-0.2, -0.15) is 0 Å².